The second kappa shape index (κ2) is 5.61. The Bertz CT molecular complexity index is 341. The number of carbonyl (C=O) groups is 1. The van der Waals surface area contributed by atoms with E-state index in [9.17, 15) is 9.90 Å². The van der Waals surface area contributed by atoms with Crippen LogP contribution < -0.4 is 0 Å². The van der Waals surface area contributed by atoms with Crippen LogP contribution in [0.25, 0.3) is 0 Å². The van der Waals surface area contributed by atoms with Gasteiger partial charge in [-0.15, -0.1) is 11.6 Å². The minimum Gasteiger partial charge on any atom is -0.508 e. The summed E-state index contributed by atoms with van der Waals surface area (Å²) in [5.74, 6) is 0.615. The first-order valence-corrected chi connectivity index (χ1v) is 5.25. The number of hydrogen-bond acceptors (Lipinski definition) is 2. The van der Waals surface area contributed by atoms with Gasteiger partial charge in [0.2, 0.25) is 5.91 Å². The highest BCUT2D eigenvalue weighted by molar-refractivity contribution is 6.18. The summed E-state index contributed by atoms with van der Waals surface area (Å²) in [7, 11) is 1.72. The van der Waals surface area contributed by atoms with Crippen LogP contribution in [0.4, 0.5) is 0 Å². The van der Waals surface area contributed by atoms with Gasteiger partial charge in [0.1, 0.15) is 5.75 Å². The lowest BCUT2D eigenvalue weighted by Gasteiger charge is -2.15. The standard InChI is InChI=1S/C11H14ClNO2/c1-13(6-5-12)11(15)8-9-3-2-4-10(14)7-9/h2-4,7,14H,5-6,8H2,1H3. The van der Waals surface area contributed by atoms with Crippen LogP contribution in [0.15, 0.2) is 24.3 Å². The highest BCUT2D eigenvalue weighted by Crippen LogP contribution is 2.11. The number of carbonyl (C=O) groups excluding carboxylic acids is 1. The molecule has 3 nitrogen and oxygen atoms in total. The number of amides is 1. The first-order valence-electron chi connectivity index (χ1n) is 4.71. The molecule has 15 heavy (non-hydrogen) atoms. The summed E-state index contributed by atoms with van der Waals surface area (Å²) < 4.78 is 0. The Balaban J connectivity index is 2.58. The van der Waals surface area contributed by atoms with E-state index in [1.165, 1.54) is 0 Å². The number of alkyl halides is 1. The van der Waals surface area contributed by atoms with Crippen molar-refractivity contribution in [3.8, 4) is 5.75 Å². The number of halogens is 1. The monoisotopic (exact) mass is 227 g/mol. The summed E-state index contributed by atoms with van der Waals surface area (Å²) in [6.07, 6.45) is 0.293. The quantitative estimate of drug-likeness (QED) is 0.795. The predicted octanol–water partition coefficient (Wildman–Crippen LogP) is 1.63. The van der Waals surface area contributed by atoms with Crippen LogP contribution >= 0.6 is 11.6 Å². The van der Waals surface area contributed by atoms with Crippen molar-refractivity contribution < 1.29 is 9.90 Å². The molecule has 82 valence electrons. The molecule has 0 atom stereocenters. The van der Waals surface area contributed by atoms with Crippen molar-refractivity contribution in [3.05, 3.63) is 29.8 Å². The molecule has 0 aliphatic carbocycles. The normalized spacial score (nSPS) is 10.0. The van der Waals surface area contributed by atoms with Crippen molar-refractivity contribution in [3.63, 3.8) is 0 Å². The lowest BCUT2D eigenvalue weighted by molar-refractivity contribution is -0.128. The van der Waals surface area contributed by atoms with Crippen LogP contribution in [0.5, 0.6) is 5.75 Å². The topological polar surface area (TPSA) is 40.5 Å². The highest BCUT2D eigenvalue weighted by Gasteiger charge is 2.08. The Morgan fingerprint density at radius 3 is 2.87 bits per heavy atom. The molecule has 0 bridgehead atoms. The lowest BCUT2D eigenvalue weighted by atomic mass is 10.1. The molecular formula is C11H14ClNO2. The summed E-state index contributed by atoms with van der Waals surface area (Å²) in [5.41, 5.74) is 0.807. The van der Waals surface area contributed by atoms with Gasteiger partial charge in [-0.2, -0.15) is 0 Å². The fraction of sp³-hybridized carbons (Fsp3) is 0.364. The molecule has 0 unspecified atom stereocenters. The van der Waals surface area contributed by atoms with Crippen LogP contribution in [0, 0.1) is 0 Å². The van der Waals surface area contributed by atoms with E-state index in [4.69, 9.17) is 11.6 Å². The van der Waals surface area contributed by atoms with Crippen LogP contribution in [-0.2, 0) is 11.2 Å². The van der Waals surface area contributed by atoms with E-state index in [1.54, 1.807) is 30.1 Å². The van der Waals surface area contributed by atoms with Crippen molar-refractivity contribution in [2.45, 2.75) is 6.42 Å². The first kappa shape index (κ1) is 11.9. The SMILES string of the molecule is CN(CCCl)C(=O)Cc1cccc(O)c1. The Morgan fingerprint density at radius 1 is 1.53 bits per heavy atom. The minimum absolute atomic E-state index is 0.00116. The van der Waals surface area contributed by atoms with Crippen molar-refractivity contribution >= 4 is 17.5 Å². The summed E-state index contributed by atoms with van der Waals surface area (Å²) in [6.45, 7) is 0.541. The van der Waals surface area contributed by atoms with Crippen molar-refractivity contribution in [1.29, 1.82) is 0 Å². The van der Waals surface area contributed by atoms with Gasteiger partial charge in [-0.25, -0.2) is 0 Å². The average Bonchev–Trinajstić information content (AvgIpc) is 2.18. The first-order chi connectivity index (χ1) is 7.13. The molecular weight excluding hydrogens is 214 g/mol. The lowest BCUT2D eigenvalue weighted by Crippen LogP contribution is -2.29. The molecule has 1 aromatic carbocycles. The number of benzene rings is 1. The van der Waals surface area contributed by atoms with E-state index < -0.39 is 0 Å². The summed E-state index contributed by atoms with van der Waals surface area (Å²) in [4.78, 5) is 13.2. The molecule has 0 saturated carbocycles. The van der Waals surface area contributed by atoms with Gasteiger partial charge in [0.25, 0.3) is 0 Å². The summed E-state index contributed by atoms with van der Waals surface area (Å²) >= 11 is 5.53. The smallest absolute Gasteiger partial charge is 0.226 e. The maximum absolute atomic E-state index is 11.6. The van der Waals surface area contributed by atoms with Crippen LogP contribution in [0.3, 0.4) is 0 Å². The number of rotatable bonds is 4. The number of phenolic OH excluding ortho intramolecular Hbond substituents is 1. The van der Waals surface area contributed by atoms with Gasteiger partial charge in [-0.3, -0.25) is 4.79 Å². The Labute approximate surface area is 94.3 Å². The van der Waals surface area contributed by atoms with Crippen molar-refractivity contribution in [2.24, 2.45) is 0 Å². The molecule has 0 radical (unpaired) electrons. The third-order valence-electron chi connectivity index (χ3n) is 2.11. The molecule has 0 fully saturated rings. The number of likely N-dealkylation sites (N-methyl/N-ethyl adjacent to an activating group) is 1. The molecule has 0 saturated heterocycles. The second-order valence-electron chi connectivity index (χ2n) is 3.35. The third kappa shape index (κ3) is 3.80. The fourth-order valence-electron chi connectivity index (χ4n) is 1.23. The van der Waals surface area contributed by atoms with Gasteiger partial charge in [0.05, 0.1) is 6.42 Å². The zero-order chi connectivity index (χ0) is 11.3. The van der Waals surface area contributed by atoms with E-state index in [0.29, 0.717) is 18.8 Å². The van der Waals surface area contributed by atoms with Gasteiger partial charge in [0.15, 0.2) is 0 Å². The molecule has 1 N–H and O–H groups in total. The van der Waals surface area contributed by atoms with E-state index in [0.717, 1.165) is 5.56 Å². The van der Waals surface area contributed by atoms with Crippen LogP contribution in [0.2, 0.25) is 0 Å². The van der Waals surface area contributed by atoms with Gasteiger partial charge < -0.3 is 10.0 Å². The van der Waals surface area contributed by atoms with Gasteiger partial charge in [-0.1, -0.05) is 12.1 Å². The van der Waals surface area contributed by atoms with Crippen molar-refractivity contribution in [1.82, 2.24) is 4.90 Å². The zero-order valence-electron chi connectivity index (χ0n) is 8.61. The van der Waals surface area contributed by atoms with Gasteiger partial charge in [-0.05, 0) is 17.7 Å². The number of phenols is 1. The van der Waals surface area contributed by atoms with Crippen molar-refractivity contribution in [2.75, 3.05) is 19.5 Å². The molecule has 1 rings (SSSR count). The highest BCUT2D eigenvalue weighted by atomic mass is 35.5. The molecule has 0 aromatic heterocycles. The maximum Gasteiger partial charge on any atom is 0.226 e. The zero-order valence-corrected chi connectivity index (χ0v) is 9.37. The molecule has 0 aliphatic heterocycles. The number of hydrogen-bond donors (Lipinski definition) is 1. The van der Waals surface area contributed by atoms with E-state index in [2.05, 4.69) is 0 Å². The minimum atomic E-state index is 0.00116. The molecule has 1 amide bonds. The predicted molar refractivity (Wildman–Crippen MR) is 60.2 cm³/mol. The number of nitrogens with zero attached hydrogens (tertiary/aromatic N) is 1. The Hall–Kier alpha value is -1.22. The third-order valence-corrected chi connectivity index (χ3v) is 2.28. The van der Waals surface area contributed by atoms with Gasteiger partial charge in [0, 0.05) is 19.5 Å². The molecule has 0 heterocycles. The van der Waals surface area contributed by atoms with Crippen LogP contribution in [-0.4, -0.2) is 35.4 Å². The van der Waals surface area contributed by atoms with E-state index >= 15 is 0 Å². The summed E-state index contributed by atoms with van der Waals surface area (Å²) in [6, 6.07) is 6.70. The molecule has 0 spiro atoms. The fourth-order valence-corrected chi connectivity index (χ4v) is 1.48. The number of aromatic hydroxyl groups is 1. The molecule has 1 aromatic rings. The van der Waals surface area contributed by atoms with E-state index in [1.807, 2.05) is 6.07 Å². The maximum atomic E-state index is 11.6. The Morgan fingerprint density at radius 2 is 2.27 bits per heavy atom. The largest absolute Gasteiger partial charge is 0.508 e. The van der Waals surface area contributed by atoms with Crippen LogP contribution in [0.1, 0.15) is 5.56 Å². The Kier molecular flexibility index (Phi) is 4.43. The van der Waals surface area contributed by atoms with Gasteiger partial charge >= 0.3 is 0 Å². The van der Waals surface area contributed by atoms with E-state index in [-0.39, 0.29) is 11.7 Å². The molecule has 0 aliphatic rings. The molecule has 4 heteroatoms. The second-order valence-corrected chi connectivity index (χ2v) is 3.73. The average molecular weight is 228 g/mol. The summed E-state index contributed by atoms with van der Waals surface area (Å²) in [5, 5.41) is 9.22.